The van der Waals surface area contributed by atoms with E-state index in [1.165, 1.54) is 17.5 Å². The van der Waals surface area contributed by atoms with Crippen molar-refractivity contribution in [2.24, 2.45) is 0 Å². The molecule has 2 aromatic carbocycles. The minimum Gasteiger partial charge on any atom is -0.390 e. The molecule has 59 heavy (non-hydrogen) atoms. The molecule has 0 spiro atoms. The average molecular weight is 808 g/mol. The molecule has 0 saturated carbocycles. The van der Waals surface area contributed by atoms with E-state index >= 15 is 0 Å². The first-order valence-electron chi connectivity index (χ1n) is 20.8. The normalized spacial score (nSPS) is 18.9. The maximum atomic E-state index is 13.3. The molecule has 7 rings (SSSR count). The second kappa shape index (κ2) is 19.3. The first kappa shape index (κ1) is 41.4. The van der Waals surface area contributed by atoms with Crippen molar-refractivity contribution in [2.75, 3.05) is 49.9 Å². The van der Waals surface area contributed by atoms with Gasteiger partial charge in [-0.25, -0.2) is 9.97 Å². The van der Waals surface area contributed by atoms with Crippen LogP contribution in [0.4, 0.5) is 11.5 Å². The SMILES string of the molecule is O=C1CCC(N2C(=O)c3cccc(NCCCCCCCC(=O)N4CCC(Nc5cc(C(=O)NC[C@H](O)CN6CCc7ccccc7C6)ncn5)CC4)c3C2=O)C(=O)N1. The third-order valence-corrected chi connectivity index (χ3v) is 11.6. The Balaban J connectivity index is 0.749. The number of likely N-dealkylation sites (tertiary alicyclic amines) is 1. The third kappa shape index (κ3) is 10.3. The Labute approximate surface area is 343 Å². The van der Waals surface area contributed by atoms with E-state index in [0.717, 1.165) is 69.4 Å². The monoisotopic (exact) mass is 807 g/mol. The molecule has 0 radical (unpaired) electrons. The number of piperidine rings is 2. The summed E-state index contributed by atoms with van der Waals surface area (Å²) in [5.74, 6) is -1.77. The molecule has 0 aliphatic carbocycles. The van der Waals surface area contributed by atoms with E-state index in [1.807, 2.05) is 11.0 Å². The topological polar surface area (TPSA) is 206 Å². The predicted octanol–water partition coefficient (Wildman–Crippen LogP) is 2.88. The first-order chi connectivity index (χ1) is 28.6. The van der Waals surface area contributed by atoms with Crippen molar-refractivity contribution in [3.8, 4) is 0 Å². The summed E-state index contributed by atoms with van der Waals surface area (Å²) >= 11 is 0. The van der Waals surface area contributed by atoms with Crippen LogP contribution in [0.5, 0.6) is 0 Å². The number of β-amino-alcohol motifs (C(OH)–C–C–N with tert-alkyl or cyclic N) is 1. The molecule has 5 N–H and O–H groups in total. The van der Waals surface area contributed by atoms with Crippen molar-refractivity contribution in [1.82, 2.24) is 35.3 Å². The fourth-order valence-electron chi connectivity index (χ4n) is 8.39. The molecule has 6 amide bonds. The summed E-state index contributed by atoms with van der Waals surface area (Å²) in [5.41, 5.74) is 3.90. The number of amides is 6. The third-order valence-electron chi connectivity index (χ3n) is 11.6. The van der Waals surface area contributed by atoms with Crippen LogP contribution in [0, 0.1) is 0 Å². The lowest BCUT2D eigenvalue weighted by Gasteiger charge is -2.32. The van der Waals surface area contributed by atoms with E-state index in [4.69, 9.17) is 0 Å². The van der Waals surface area contributed by atoms with Crippen LogP contribution in [0.25, 0.3) is 0 Å². The maximum absolute atomic E-state index is 13.3. The molecular weight excluding hydrogens is 755 g/mol. The van der Waals surface area contributed by atoms with Gasteiger partial charge in [-0.15, -0.1) is 0 Å². The van der Waals surface area contributed by atoms with Crippen molar-refractivity contribution in [2.45, 2.75) is 95.4 Å². The van der Waals surface area contributed by atoms with Crippen LogP contribution in [0.3, 0.4) is 0 Å². The van der Waals surface area contributed by atoms with Gasteiger partial charge in [-0.1, -0.05) is 49.6 Å². The van der Waals surface area contributed by atoms with Crippen LogP contribution in [-0.4, -0.2) is 123 Å². The van der Waals surface area contributed by atoms with E-state index < -0.39 is 35.8 Å². The summed E-state index contributed by atoms with van der Waals surface area (Å²) in [4.78, 5) is 89.7. The van der Waals surface area contributed by atoms with Crippen molar-refractivity contribution < 1.29 is 33.9 Å². The van der Waals surface area contributed by atoms with Crippen LogP contribution in [0.15, 0.2) is 54.9 Å². The molecular formula is C43H53N9O7. The molecule has 1 aromatic heterocycles. The lowest BCUT2D eigenvalue weighted by atomic mass is 10.00. The number of nitrogens with one attached hydrogen (secondary N) is 4. The molecule has 4 aliphatic rings. The number of rotatable bonds is 17. The molecule has 2 saturated heterocycles. The van der Waals surface area contributed by atoms with E-state index in [0.29, 0.717) is 44.1 Å². The smallest absolute Gasteiger partial charge is 0.270 e. The Morgan fingerprint density at radius 1 is 0.864 bits per heavy atom. The van der Waals surface area contributed by atoms with Crippen molar-refractivity contribution >= 4 is 46.9 Å². The molecule has 4 aliphatic heterocycles. The summed E-state index contributed by atoms with van der Waals surface area (Å²) in [6.07, 6.45) is 8.26. The Bertz CT molecular complexity index is 2050. The molecule has 0 bridgehead atoms. The maximum Gasteiger partial charge on any atom is 0.270 e. The standard InChI is InChI=1S/C43H53N9O7/c53-31(26-50-20-16-28-9-5-6-10-29(28)25-50)24-45-40(56)34-23-36(47-27-46-34)48-30-17-21-51(22-18-30)38(55)13-4-2-1-3-7-19-44-33-12-8-11-32-39(33)43(59)52(42(32)58)35-14-15-37(54)49-41(35)57/h5-6,8-12,23,27,30-31,35,44,53H,1-4,7,13-22,24-26H2,(H,45,56)(H,46,47,48)(H,49,54,57)/t31-,35?/m0/s1. The number of carbonyl (C=O) groups excluding carboxylic acids is 6. The Hall–Kier alpha value is -5.74. The first-order valence-corrected chi connectivity index (χ1v) is 20.8. The Morgan fingerprint density at radius 2 is 1.64 bits per heavy atom. The van der Waals surface area contributed by atoms with E-state index in [-0.39, 0.29) is 54.1 Å². The number of fused-ring (bicyclic) bond motifs is 2. The lowest BCUT2D eigenvalue weighted by Crippen LogP contribution is -2.54. The number of nitrogens with zero attached hydrogens (tertiary/aromatic N) is 5. The zero-order chi connectivity index (χ0) is 41.3. The van der Waals surface area contributed by atoms with Crippen molar-refractivity contribution in [1.29, 1.82) is 0 Å². The van der Waals surface area contributed by atoms with Gasteiger partial charge in [0.2, 0.25) is 17.7 Å². The fraction of sp³-hybridized carbons (Fsp3) is 0.488. The van der Waals surface area contributed by atoms with Gasteiger partial charge in [0.1, 0.15) is 23.9 Å². The van der Waals surface area contributed by atoms with E-state index in [1.54, 1.807) is 24.3 Å². The van der Waals surface area contributed by atoms with Crippen LogP contribution in [0.2, 0.25) is 0 Å². The summed E-state index contributed by atoms with van der Waals surface area (Å²) < 4.78 is 0. The number of anilines is 2. The number of benzene rings is 2. The Kier molecular flexibility index (Phi) is 13.6. The molecule has 5 heterocycles. The molecule has 1 unspecified atom stereocenters. The number of aromatic nitrogens is 2. The van der Waals surface area contributed by atoms with Gasteiger partial charge in [-0.05, 0) is 61.8 Å². The van der Waals surface area contributed by atoms with Crippen LogP contribution in [-0.2, 0) is 27.3 Å². The van der Waals surface area contributed by atoms with Crippen LogP contribution < -0.4 is 21.3 Å². The van der Waals surface area contributed by atoms with Crippen molar-refractivity contribution in [3.05, 3.63) is 82.8 Å². The number of aliphatic hydroxyl groups excluding tert-OH is 1. The minimum atomic E-state index is -1.00. The largest absolute Gasteiger partial charge is 0.390 e. The quantitative estimate of drug-likeness (QED) is 0.0987. The van der Waals surface area contributed by atoms with Gasteiger partial charge in [0.05, 0.1) is 17.2 Å². The molecule has 16 heteroatoms. The van der Waals surface area contributed by atoms with Gasteiger partial charge in [-0.3, -0.25) is 43.9 Å². The van der Waals surface area contributed by atoms with Crippen LogP contribution in [0.1, 0.15) is 107 Å². The number of imide groups is 2. The molecule has 16 nitrogen and oxygen atoms in total. The highest BCUT2D eigenvalue weighted by Gasteiger charge is 2.45. The number of carbonyl (C=O) groups is 6. The molecule has 2 atom stereocenters. The van der Waals surface area contributed by atoms with E-state index in [2.05, 4.69) is 54.3 Å². The lowest BCUT2D eigenvalue weighted by molar-refractivity contribution is -0.136. The number of hydrogen-bond acceptors (Lipinski definition) is 12. The second-order valence-corrected chi connectivity index (χ2v) is 15.8. The van der Waals surface area contributed by atoms with Crippen LogP contribution >= 0.6 is 0 Å². The van der Waals surface area contributed by atoms with Gasteiger partial charge in [-0.2, -0.15) is 0 Å². The fourth-order valence-corrected chi connectivity index (χ4v) is 8.39. The summed E-state index contributed by atoms with van der Waals surface area (Å²) in [6, 6.07) is 14.1. The summed E-state index contributed by atoms with van der Waals surface area (Å²) in [7, 11) is 0. The summed E-state index contributed by atoms with van der Waals surface area (Å²) in [5, 5.41) is 22.3. The predicted molar refractivity (Wildman–Crippen MR) is 218 cm³/mol. The van der Waals surface area contributed by atoms with Gasteiger partial charge in [0.15, 0.2) is 0 Å². The Morgan fingerprint density at radius 3 is 2.46 bits per heavy atom. The number of aliphatic hydroxyl groups is 1. The van der Waals surface area contributed by atoms with E-state index in [9.17, 15) is 33.9 Å². The number of hydrogen-bond donors (Lipinski definition) is 5. The highest BCUT2D eigenvalue weighted by atomic mass is 16.3. The highest BCUT2D eigenvalue weighted by molar-refractivity contribution is 6.25. The minimum absolute atomic E-state index is 0.0714. The number of unbranched alkanes of at least 4 members (excludes halogenated alkanes) is 4. The van der Waals surface area contributed by atoms with Gasteiger partial charge < -0.3 is 26.0 Å². The van der Waals surface area contributed by atoms with Gasteiger partial charge >= 0.3 is 0 Å². The average Bonchev–Trinajstić information content (AvgIpc) is 3.50. The highest BCUT2D eigenvalue weighted by Crippen LogP contribution is 2.32. The molecule has 2 fully saturated rings. The van der Waals surface area contributed by atoms with Crippen molar-refractivity contribution in [3.63, 3.8) is 0 Å². The van der Waals surface area contributed by atoms with Gasteiger partial charge in [0.25, 0.3) is 17.7 Å². The van der Waals surface area contributed by atoms with Gasteiger partial charge in [0, 0.05) is 76.5 Å². The molecule has 312 valence electrons. The second-order valence-electron chi connectivity index (χ2n) is 15.8. The summed E-state index contributed by atoms with van der Waals surface area (Å²) in [6.45, 7) is 4.13. The zero-order valence-corrected chi connectivity index (χ0v) is 33.3. The zero-order valence-electron chi connectivity index (χ0n) is 33.3. The molecule has 3 aromatic rings.